The van der Waals surface area contributed by atoms with Gasteiger partial charge in [0.1, 0.15) is 41.7 Å². The van der Waals surface area contributed by atoms with Gasteiger partial charge >= 0.3 is 0 Å². The molecule has 2 fully saturated rings. The van der Waals surface area contributed by atoms with Gasteiger partial charge in [-0.25, -0.2) is 0 Å². The van der Waals surface area contributed by atoms with Crippen LogP contribution in [0.3, 0.4) is 0 Å². The Balaban J connectivity index is 1.63. The van der Waals surface area contributed by atoms with Crippen molar-refractivity contribution < 1.29 is 59.8 Å². The van der Waals surface area contributed by atoms with Crippen LogP contribution in [0.15, 0.2) is 23.8 Å². The first-order valence-corrected chi connectivity index (χ1v) is 12.0. The number of rotatable bonds is 8. The predicted octanol–water partition coefficient (Wildman–Crippen LogP) is -2.32. The zero-order valence-corrected chi connectivity index (χ0v) is 21.0. The van der Waals surface area contributed by atoms with E-state index in [0.717, 1.165) is 0 Å². The lowest BCUT2D eigenvalue weighted by Gasteiger charge is -2.46. The molecule has 11 atom stereocenters. The smallest absolute Gasteiger partial charge is 0.187 e. The number of hydrogen-bond donors (Lipinski definition) is 8. The minimum atomic E-state index is -1.89. The van der Waals surface area contributed by atoms with E-state index >= 15 is 0 Å². The minimum Gasteiger partial charge on any atom is -0.393 e. The Hall–Kier alpha value is -1.00. The molecule has 1 unspecified atom stereocenters. The van der Waals surface area contributed by atoms with Crippen molar-refractivity contribution in [2.45, 2.75) is 101 Å². The molecule has 12 heteroatoms. The summed E-state index contributed by atoms with van der Waals surface area (Å²) in [6, 6.07) is 0. The van der Waals surface area contributed by atoms with Crippen molar-refractivity contribution in [3.05, 3.63) is 23.8 Å². The van der Waals surface area contributed by atoms with E-state index in [1.807, 2.05) is 13.8 Å². The molecule has 3 rings (SSSR count). The van der Waals surface area contributed by atoms with Gasteiger partial charge in [-0.15, -0.1) is 0 Å². The summed E-state index contributed by atoms with van der Waals surface area (Å²) in [5.41, 5.74) is -3.31. The molecule has 2 saturated heterocycles. The van der Waals surface area contributed by atoms with E-state index in [-0.39, 0.29) is 6.61 Å². The molecular formula is C24H40O12. The van der Waals surface area contributed by atoms with Crippen LogP contribution in [0.25, 0.3) is 0 Å². The molecular weight excluding hydrogens is 480 g/mol. The molecule has 0 amide bonds. The number of aliphatic hydroxyl groups excluding tert-OH is 6. The van der Waals surface area contributed by atoms with Crippen LogP contribution in [0.5, 0.6) is 0 Å². The number of hydrogen-bond acceptors (Lipinski definition) is 12. The minimum absolute atomic E-state index is 0.353. The zero-order chi connectivity index (χ0) is 27.1. The highest BCUT2D eigenvalue weighted by Crippen LogP contribution is 2.45. The van der Waals surface area contributed by atoms with E-state index in [2.05, 4.69) is 0 Å². The van der Waals surface area contributed by atoms with Crippen LogP contribution in [0.1, 0.15) is 34.1 Å². The van der Waals surface area contributed by atoms with Crippen LogP contribution in [0.4, 0.5) is 0 Å². The number of ether oxygens (including phenoxy) is 4. The second kappa shape index (κ2) is 11.0. The van der Waals surface area contributed by atoms with Crippen LogP contribution >= 0.6 is 0 Å². The first-order chi connectivity index (χ1) is 16.6. The maximum absolute atomic E-state index is 11.3. The number of aliphatic hydroxyl groups is 8. The Morgan fingerprint density at radius 1 is 1.08 bits per heavy atom. The van der Waals surface area contributed by atoms with Crippen LogP contribution < -0.4 is 0 Å². The molecule has 2 heterocycles. The van der Waals surface area contributed by atoms with Gasteiger partial charge in [0.15, 0.2) is 12.6 Å². The second-order valence-electron chi connectivity index (χ2n) is 10.7. The molecule has 208 valence electrons. The molecule has 12 nitrogen and oxygen atoms in total. The fourth-order valence-electron chi connectivity index (χ4n) is 4.87. The molecule has 3 aliphatic rings. The molecule has 36 heavy (non-hydrogen) atoms. The maximum atomic E-state index is 11.3. The predicted molar refractivity (Wildman–Crippen MR) is 123 cm³/mol. The monoisotopic (exact) mass is 520 g/mol. The average molecular weight is 521 g/mol. The van der Waals surface area contributed by atoms with E-state index in [1.54, 1.807) is 32.1 Å². The standard InChI is InChI=1S/C24H40O12/c1-12-7-14(26)8-22(3,4)24(12,32)6-5-13(2)35-20-18(29)17(28)16(27)15(36-20)9-33-21-19(30)23(31,10-25)11-34-21/h5-7,13-21,25-32H,8-11H2,1-4H3/b6-5+/t13?,14-,15-,16-,17+,18-,19+,20-,21-,23-,24-/m1/s1. The van der Waals surface area contributed by atoms with Crippen molar-refractivity contribution in [2.24, 2.45) is 5.41 Å². The quantitative estimate of drug-likeness (QED) is 0.159. The van der Waals surface area contributed by atoms with Gasteiger partial charge in [0.05, 0.1) is 32.0 Å². The Bertz CT molecular complexity index is 817. The van der Waals surface area contributed by atoms with Crippen molar-refractivity contribution in [2.75, 3.05) is 19.8 Å². The molecule has 0 aromatic carbocycles. The van der Waals surface area contributed by atoms with Gasteiger partial charge in [-0.3, -0.25) is 0 Å². The highest BCUT2D eigenvalue weighted by atomic mass is 16.7. The normalized spacial score (nSPS) is 46.2. The van der Waals surface area contributed by atoms with Gasteiger partial charge in [-0.2, -0.15) is 0 Å². The van der Waals surface area contributed by atoms with Gasteiger partial charge in [0, 0.05) is 5.41 Å². The summed E-state index contributed by atoms with van der Waals surface area (Å²) in [6.07, 6.45) is -6.45. The summed E-state index contributed by atoms with van der Waals surface area (Å²) in [5.74, 6) is 0. The Kier molecular flexibility index (Phi) is 9.04. The van der Waals surface area contributed by atoms with Crippen LogP contribution in [-0.2, 0) is 18.9 Å². The van der Waals surface area contributed by atoms with E-state index in [0.29, 0.717) is 12.0 Å². The second-order valence-corrected chi connectivity index (χ2v) is 10.7. The van der Waals surface area contributed by atoms with Gasteiger partial charge in [-0.1, -0.05) is 26.0 Å². The van der Waals surface area contributed by atoms with Crippen molar-refractivity contribution in [3.8, 4) is 0 Å². The summed E-state index contributed by atoms with van der Waals surface area (Å²) in [6.45, 7) is 5.54. The van der Waals surface area contributed by atoms with E-state index < -0.39 is 85.1 Å². The molecule has 0 aromatic rings. The molecule has 0 saturated carbocycles. The first-order valence-electron chi connectivity index (χ1n) is 12.0. The summed E-state index contributed by atoms with van der Waals surface area (Å²) in [5, 5.41) is 81.7. The van der Waals surface area contributed by atoms with Crippen LogP contribution in [-0.4, -0.2) is 127 Å². The summed E-state index contributed by atoms with van der Waals surface area (Å²) in [4.78, 5) is 0. The van der Waals surface area contributed by atoms with Gasteiger partial charge in [0.25, 0.3) is 0 Å². The fourth-order valence-corrected chi connectivity index (χ4v) is 4.87. The van der Waals surface area contributed by atoms with E-state index in [9.17, 15) is 40.9 Å². The molecule has 8 N–H and O–H groups in total. The van der Waals surface area contributed by atoms with E-state index in [4.69, 9.17) is 18.9 Å². The van der Waals surface area contributed by atoms with Crippen LogP contribution in [0.2, 0.25) is 0 Å². The fraction of sp³-hybridized carbons (Fsp3) is 0.833. The van der Waals surface area contributed by atoms with Crippen LogP contribution in [0, 0.1) is 5.41 Å². The molecule has 0 radical (unpaired) electrons. The SMILES string of the molecule is CC1=C[C@@H](O)CC(C)(C)[C@@]1(O)/C=C/C(C)O[C@@H]1O[C@H](CO[C@@H]2OC[C@](O)(CO)[C@H]2O)[C@@H](O)[C@H](O)[C@H]1O. The average Bonchev–Trinajstić information content (AvgIpc) is 3.09. The molecule has 1 aliphatic carbocycles. The van der Waals surface area contributed by atoms with Gasteiger partial charge in [-0.05, 0) is 31.9 Å². The lowest BCUT2D eigenvalue weighted by molar-refractivity contribution is -0.314. The molecule has 0 bridgehead atoms. The lowest BCUT2D eigenvalue weighted by atomic mass is 9.64. The van der Waals surface area contributed by atoms with Crippen molar-refractivity contribution in [1.82, 2.24) is 0 Å². The van der Waals surface area contributed by atoms with Crippen molar-refractivity contribution >= 4 is 0 Å². The zero-order valence-electron chi connectivity index (χ0n) is 21.0. The molecule has 2 aliphatic heterocycles. The molecule has 0 spiro atoms. The summed E-state index contributed by atoms with van der Waals surface area (Å²) in [7, 11) is 0. The summed E-state index contributed by atoms with van der Waals surface area (Å²) >= 11 is 0. The Morgan fingerprint density at radius 2 is 1.75 bits per heavy atom. The van der Waals surface area contributed by atoms with Crippen molar-refractivity contribution in [1.29, 1.82) is 0 Å². The first kappa shape index (κ1) is 29.6. The third-order valence-electron chi connectivity index (χ3n) is 7.42. The third kappa shape index (κ3) is 5.70. The highest BCUT2D eigenvalue weighted by Gasteiger charge is 2.50. The highest BCUT2D eigenvalue weighted by molar-refractivity contribution is 5.32. The van der Waals surface area contributed by atoms with Gasteiger partial charge in [0.2, 0.25) is 0 Å². The van der Waals surface area contributed by atoms with E-state index in [1.165, 1.54) is 0 Å². The molecule has 0 aromatic heterocycles. The largest absolute Gasteiger partial charge is 0.393 e. The summed E-state index contributed by atoms with van der Waals surface area (Å²) < 4.78 is 21.9. The maximum Gasteiger partial charge on any atom is 0.187 e. The van der Waals surface area contributed by atoms with Gasteiger partial charge < -0.3 is 59.8 Å². The lowest BCUT2D eigenvalue weighted by Crippen LogP contribution is -2.60. The van der Waals surface area contributed by atoms with Crippen molar-refractivity contribution in [3.63, 3.8) is 0 Å². The third-order valence-corrected chi connectivity index (χ3v) is 7.42. The topological polar surface area (TPSA) is 199 Å². The Morgan fingerprint density at radius 3 is 2.33 bits per heavy atom. The Labute approximate surface area is 210 Å².